The van der Waals surface area contributed by atoms with Crippen molar-refractivity contribution in [1.82, 2.24) is 15.2 Å². The van der Waals surface area contributed by atoms with Crippen LogP contribution in [-0.2, 0) is 14.4 Å². The number of thioether (sulfide) groups is 2. The first-order chi connectivity index (χ1) is 14.9. The average molecular weight is 455 g/mol. The molecule has 2 N–H and O–H groups in total. The minimum atomic E-state index is -1.25. The van der Waals surface area contributed by atoms with E-state index in [1.165, 1.54) is 28.4 Å². The normalized spacial score (nSPS) is 24.5. The van der Waals surface area contributed by atoms with E-state index in [2.05, 4.69) is 10.3 Å². The number of aliphatic carboxylic acids is 1. The van der Waals surface area contributed by atoms with Crippen molar-refractivity contribution >= 4 is 41.3 Å². The third-order valence-corrected chi connectivity index (χ3v) is 8.22. The fourth-order valence-corrected chi connectivity index (χ4v) is 6.53. The zero-order valence-electron chi connectivity index (χ0n) is 16.2. The van der Waals surface area contributed by atoms with Gasteiger partial charge in [-0.1, -0.05) is 30.3 Å². The van der Waals surface area contributed by atoms with Crippen molar-refractivity contribution in [2.24, 2.45) is 0 Å². The molecule has 0 saturated carbocycles. The third-order valence-electron chi connectivity index (χ3n) is 5.12. The molecule has 3 heterocycles. The van der Waals surface area contributed by atoms with Crippen molar-refractivity contribution in [3.05, 3.63) is 48.7 Å². The number of aromatic nitrogens is 1. The first-order valence-electron chi connectivity index (χ1n) is 9.46. The van der Waals surface area contributed by atoms with Crippen molar-refractivity contribution < 1.29 is 19.5 Å². The minimum absolute atomic E-state index is 0.0250. The number of nitriles is 1. The summed E-state index contributed by atoms with van der Waals surface area (Å²) in [5.41, 5.74) is 1.57. The largest absolute Gasteiger partial charge is 0.480 e. The molecule has 2 aliphatic heterocycles. The topological polar surface area (TPSA) is 123 Å². The summed E-state index contributed by atoms with van der Waals surface area (Å²) in [5, 5.41) is 21.0. The molecule has 10 heteroatoms. The first-order valence-corrected chi connectivity index (χ1v) is 11.3. The number of fused-ring (bicyclic) bond motifs is 1. The van der Waals surface area contributed by atoms with Crippen molar-refractivity contribution in [3.8, 4) is 17.3 Å². The number of amides is 2. The Bertz CT molecular complexity index is 1070. The highest BCUT2D eigenvalue weighted by Gasteiger charge is 2.58. The Kier molecular flexibility index (Phi) is 5.89. The van der Waals surface area contributed by atoms with E-state index in [1.54, 1.807) is 18.3 Å². The van der Waals surface area contributed by atoms with Gasteiger partial charge in [-0.3, -0.25) is 19.4 Å². The van der Waals surface area contributed by atoms with E-state index >= 15 is 0 Å². The first kappa shape index (κ1) is 21.2. The van der Waals surface area contributed by atoms with Crippen LogP contribution in [0.3, 0.4) is 0 Å². The Morgan fingerprint density at radius 2 is 2.10 bits per heavy atom. The molecule has 0 aliphatic carbocycles. The zero-order chi connectivity index (χ0) is 22.0. The van der Waals surface area contributed by atoms with E-state index in [9.17, 15) is 19.5 Å². The smallest absolute Gasteiger partial charge is 0.322 e. The maximum Gasteiger partial charge on any atom is 0.322 e. The van der Waals surface area contributed by atoms with E-state index in [-0.39, 0.29) is 30.0 Å². The molecule has 3 atom stereocenters. The standard InChI is InChI=1S/C21H18N4O4S2/c22-9-8-15(26)24-17-18(27)25-11-21(20(28)29,12-30-19(17)25)31-14-7-4-10-23-16(14)13-5-2-1-3-6-13/h1-7,10,17,19H,8,11-12H2,(H,24,26)(H,28,29)/t17-,19-,21?/m1/s1. The van der Waals surface area contributed by atoms with Gasteiger partial charge in [0.2, 0.25) is 11.8 Å². The van der Waals surface area contributed by atoms with Gasteiger partial charge in [0.05, 0.1) is 11.8 Å². The highest BCUT2D eigenvalue weighted by atomic mass is 32.2. The van der Waals surface area contributed by atoms with E-state index in [0.717, 1.165) is 10.5 Å². The second-order valence-corrected chi connectivity index (χ2v) is 9.70. The molecule has 0 radical (unpaired) electrons. The van der Waals surface area contributed by atoms with Crippen LogP contribution in [-0.4, -0.2) is 61.2 Å². The van der Waals surface area contributed by atoms with Gasteiger partial charge in [-0.15, -0.1) is 23.5 Å². The van der Waals surface area contributed by atoms with E-state index in [4.69, 9.17) is 5.26 Å². The quantitative estimate of drug-likeness (QED) is 0.635. The van der Waals surface area contributed by atoms with Crippen LogP contribution in [0.5, 0.6) is 0 Å². The molecule has 31 heavy (non-hydrogen) atoms. The Morgan fingerprint density at radius 3 is 2.81 bits per heavy atom. The fourth-order valence-electron chi connectivity index (χ4n) is 3.58. The summed E-state index contributed by atoms with van der Waals surface area (Å²) < 4.78 is -1.25. The molecule has 2 aliphatic rings. The summed E-state index contributed by atoms with van der Waals surface area (Å²) >= 11 is 2.53. The molecule has 2 saturated heterocycles. The zero-order valence-corrected chi connectivity index (χ0v) is 17.9. The molecule has 1 aromatic heterocycles. The second-order valence-electron chi connectivity index (χ2n) is 7.17. The van der Waals surface area contributed by atoms with Gasteiger partial charge in [-0.05, 0) is 12.1 Å². The molecule has 2 amide bonds. The summed E-state index contributed by atoms with van der Waals surface area (Å²) in [4.78, 5) is 43.3. The van der Waals surface area contributed by atoms with Crippen LogP contribution >= 0.6 is 23.5 Å². The van der Waals surface area contributed by atoms with Gasteiger partial charge in [-0.2, -0.15) is 5.26 Å². The maximum atomic E-state index is 12.6. The molecule has 4 rings (SSSR count). The highest BCUT2D eigenvalue weighted by Crippen LogP contribution is 2.47. The SMILES string of the molecule is N#CCC(=O)N[C@@H]1C(=O)N2CC(Sc3cccnc3-c3ccccc3)(C(=O)O)CS[C@H]12. The number of carbonyl (C=O) groups excluding carboxylic acids is 2. The third kappa shape index (κ3) is 3.98. The van der Waals surface area contributed by atoms with Crippen molar-refractivity contribution in [2.45, 2.75) is 27.5 Å². The van der Waals surface area contributed by atoms with Crippen LogP contribution in [0.4, 0.5) is 0 Å². The maximum absolute atomic E-state index is 12.6. The summed E-state index contributed by atoms with van der Waals surface area (Å²) in [5.74, 6) is -1.58. The summed E-state index contributed by atoms with van der Waals surface area (Å²) in [6, 6.07) is 14.2. The molecule has 1 unspecified atom stereocenters. The number of nitrogens with zero attached hydrogens (tertiary/aromatic N) is 3. The van der Waals surface area contributed by atoms with Gasteiger partial charge in [0.1, 0.15) is 22.6 Å². The van der Waals surface area contributed by atoms with Gasteiger partial charge in [0.25, 0.3) is 0 Å². The van der Waals surface area contributed by atoms with Crippen LogP contribution in [0.25, 0.3) is 11.3 Å². The number of carboxylic acids is 1. The van der Waals surface area contributed by atoms with Crippen LogP contribution < -0.4 is 5.32 Å². The minimum Gasteiger partial charge on any atom is -0.480 e. The second kappa shape index (κ2) is 8.61. The lowest BCUT2D eigenvalue weighted by Crippen LogP contribution is -2.74. The van der Waals surface area contributed by atoms with Gasteiger partial charge >= 0.3 is 5.97 Å². The Labute approximate surface area is 187 Å². The molecular weight excluding hydrogens is 436 g/mol. The molecule has 158 valence electrons. The summed E-state index contributed by atoms with van der Waals surface area (Å²) in [6.07, 6.45) is 1.35. The molecule has 8 nitrogen and oxygen atoms in total. The lowest BCUT2D eigenvalue weighted by atomic mass is 10.0. The number of hydrogen-bond donors (Lipinski definition) is 2. The van der Waals surface area contributed by atoms with Gasteiger partial charge < -0.3 is 15.3 Å². The van der Waals surface area contributed by atoms with Crippen molar-refractivity contribution in [2.75, 3.05) is 12.3 Å². The predicted molar refractivity (Wildman–Crippen MR) is 116 cm³/mol. The molecule has 2 aromatic rings. The Hall–Kier alpha value is -3.03. The monoisotopic (exact) mass is 454 g/mol. The number of pyridine rings is 1. The molecule has 0 bridgehead atoms. The van der Waals surface area contributed by atoms with Gasteiger partial charge in [-0.25, -0.2) is 0 Å². The average Bonchev–Trinajstić information content (AvgIpc) is 2.78. The lowest BCUT2D eigenvalue weighted by molar-refractivity contribution is -0.152. The Morgan fingerprint density at radius 1 is 1.32 bits per heavy atom. The lowest BCUT2D eigenvalue weighted by Gasteiger charge is -2.53. The van der Waals surface area contributed by atoms with Crippen molar-refractivity contribution in [3.63, 3.8) is 0 Å². The molecule has 1 aromatic carbocycles. The van der Waals surface area contributed by atoms with Crippen molar-refractivity contribution in [1.29, 1.82) is 5.26 Å². The number of β-lactam (4-membered cyclic amide) rings is 1. The van der Waals surface area contributed by atoms with Gasteiger partial charge in [0, 0.05) is 29.0 Å². The molecule has 0 spiro atoms. The van der Waals surface area contributed by atoms with Gasteiger partial charge in [0.15, 0.2) is 0 Å². The highest BCUT2D eigenvalue weighted by molar-refractivity contribution is 8.05. The Balaban J connectivity index is 1.56. The van der Waals surface area contributed by atoms with Crippen LogP contribution in [0.2, 0.25) is 0 Å². The number of carboxylic acid groups (broad SMARTS) is 1. The summed E-state index contributed by atoms with van der Waals surface area (Å²) in [7, 11) is 0. The molecular formula is C21H18N4O4S2. The number of rotatable bonds is 6. The number of benzene rings is 1. The fraction of sp³-hybridized carbons (Fsp3) is 0.286. The number of nitrogens with one attached hydrogen (secondary N) is 1. The predicted octanol–water partition coefficient (Wildman–Crippen LogP) is 1.98. The summed E-state index contributed by atoms with van der Waals surface area (Å²) in [6.45, 7) is 0.0250. The van der Waals surface area contributed by atoms with Crippen LogP contribution in [0, 0.1) is 11.3 Å². The van der Waals surface area contributed by atoms with E-state index < -0.39 is 22.7 Å². The van der Waals surface area contributed by atoms with E-state index in [1.807, 2.05) is 36.4 Å². The van der Waals surface area contributed by atoms with Crippen LogP contribution in [0.1, 0.15) is 6.42 Å². The number of carbonyl (C=O) groups is 3. The molecule has 2 fully saturated rings. The van der Waals surface area contributed by atoms with Crippen LogP contribution in [0.15, 0.2) is 53.6 Å². The van der Waals surface area contributed by atoms with E-state index in [0.29, 0.717) is 5.69 Å². The number of hydrogen-bond acceptors (Lipinski definition) is 7.